The van der Waals surface area contributed by atoms with Crippen molar-refractivity contribution in [2.45, 2.75) is 26.3 Å². The molecule has 0 bridgehead atoms. The van der Waals surface area contributed by atoms with Crippen LogP contribution in [0.2, 0.25) is 0 Å². The molecule has 0 aliphatic heterocycles. The Morgan fingerprint density at radius 2 is 2.21 bits per heavy atom. The number of nitrogens with zero attached hydrogens (tertiary/aromatic N) is 3. The van der Waals surface area contributed by atoms with Crippen molar-refractivity contribution in [2.24, 2.45) is 0 Å². The molecule has 2 heterocycles. The normalized spacial score (nSPS) is 10.7. The molecule has 0 spiro atoms. The fourth-order valence-electron chi connectivity index (χ4n) is 1.76. The molecule has 2 rings (SSSR count). The van der Waals surface area contributed by atoms with Crippen molar-refractivity contribution in [1.29, 1.82) is 0 Å². The second-order valence-electron chi connectivity index (χ2n) is 4.36. The Bertz CT molecular complexity index is 538. The van der Waals surface area contributed by atoms with Crippen molar-refractivity contribution in [3.8, 4) is 0 Å². The first kappa shape index (κ1) is 13.7. The number of amides is 1. The zero-order valence-electron chi connectivity index (χ0n) is 10.7. The van der Waals surface area contributed by atoms with E-state index in [2.05, 4.69) is 26.1 Å². The van der Waals surface area contributed by atoms with Gasteiger partial charge in [-0.15, -0.1) is 0 Å². The summed E-state index contributed by atoms with van der Waals surface area (Å²) in [6.07, 6.45) is 3.33. The highest BCUT2D eigenvalue weighted by atomic mass is 79.9. The standard InChI is InChI=1S/C13H14BrN3O2/c1-9(2)17(12-4-3-10(14)8-15-12)13(18)7-11-5-6-19-16-11/h3-6,8-9H,7H2,1-2H3. The SMILES string of the molecule is CC(C)N(C(=O)Cc1ccon1)c1ccc(Br)cn1. The predicted octanol–water partition coefficient (Wildman–Crippen LogP) is 2.82. The molecule has 0 fully saturated rings. The summed E-state index contributed by atoms with van der Waals surface area (Å²) in [5.74, 6) is 0.574. The lowest BCUT2D eigenvalue weighted by Gasteiger charge is -2.25. The minimum atomic E-state index is -0.0567. The lowest BCUT2D eigenvalue weighted by Crippen LogP contribution is -2.38. The van der Waals surface area contributed by atoms with Gasteiger partial charge in [-0.3, -0.25) is 9.69 Å². The number of rotatable bonds is 4. The van der Waals surface area contributed by atoms with E-state index in [0.29, 0.717) is 11.5 Å². The van der Waals surface area contributed by atoms with Crippen molar-refractivity contribution in [3.05, 3.63) is 40.8 Å². The zero-order chi connectivity index (χ0) is 13.8. The van der Waals surface area contributed by atoms with E-state index in [9.17, 15) is 4.79 Å². The quantitative estimate of drug-likeness (QED) is 0.868. The van der Waals surface area contributed by atoms with Gasteiger partial charge < -0.3 is 4.52 Å². The fourth-order valence-corrected chi connectivity index (χ4v) is 1.99. The van der Waals surface area contributed by atoms with Crippen LogP contribution in [0.1, 0.15) is 19.5 Å². The van der Waals surface area contributed by atoms with Gasteiger partial charge in [-0.2, -0.15) is 0 Å². The first-order chi connectivity index (χ1) is 9.08. The van der Waals surface area contributed by atoms with Crippen molar-refractivity contribution in [2.75, 3.05) is 4.90 Å². The van der Waals surface area contributed by atoms with E-state index >= 15 is 0 Å². The Morgan fingerprint density at radius 3 is 2.74 bits per heavy atom. The van der Waals surface area contributed by atoms with Crippen LogP contribution in [0.15, 0.2) is 39.7 Å². The number of hydrogen-bond acceptors (Lipinski definition) is 4. The molecule has 1 amide bonds. The predicted molar refractivity (Wildman–Crippen MR) is 74.8 cm³/mol. The van der Waals surface area contributed by atoms with Gasteiger partial charge in [0.25, 0.3) is 0 Å². The average molecular weight is 324 g/mol. The molecule has 0 N–H and O–H groups in total. The first-order valence-corrected chi connectivity index (χ1v) is 6.70. The molecule has 19 heavy (non-hydrogen) atoms. The highest BCUT2D eigenvalue weighted by Gasteiger charge is 2.21. The van der Waals surface area contributed by atoms with E-state index in [4.69, 9.17) is 4.52 Å². The van der Waals surface area contributed by atoms with Gasteiger partial charge in [-0.05, 0) is 41.9 Å². The third kappa shape index (κ3) is 3.41. The van der Waals surface area contributed by atoms with Gasteiger partial charge in [0.05, 0.1) is 12.1 Å². The van der Waals surface area contributed by atoms with Crippen molar-refractivity contribution < 1.29 is 9.32 Å². The highest BCUT2D eigenvalue weighted by Crippen LogP contribution is 2.18. The number of carbonyl (C=O) groups excluding carboxylic acids is 1. The second kappa shape index (κ2) is 5.97. The van der Waals surface area contributed by atoms with Crippen LogP contribution in [0.4, 0.5) is 5.82 Å². The van der Waals surface area contributed by atoms with E-state index in [1.165, 1.54) is 6.26 Å². The van der Waals surface area contributed by atoms with Gasteiger partial charge >= 0.3 is 0 Å². The minimum Gasteiger partial charge on any atom is -0.364 e. The third-order valence-electron chi connectivity index (χ3n) is 2.57. The molecule has 0 unspecified atom stereocenters. The number of hydrogen-bond donors (Lipinski definition) is 0. The lowest BCUT2D eigenvalue weighted by molar-refractivity contribution is -0.118. The molecular weight excluding hydrogens is 310 g/mol. The van der Waals surface area contributed by atoms with Crippen molar-refractivity contribution >= 4 is 27.7 Å². The molecule has 0 aliphatic rings. The van der Waals surface area contributed by atoms with Crippen LogP contribution in [0.25, 0.3) is 0 Å². The van der Waals surface area contributed by atoms with Gasteiger partial charge in [-0.1, -0.05) is 5.16 Å². The fraction of sp³-hybridized carbons (Fsp3) is 0.308. The maximum absolute atomic E-state index is 12.3. The van der Waals surface area contributed by atoms with Gasteiger partial charge in [0.1, 0.15) is 12.1 Å². The van der Waals surface area contributed by atoms with Crippen LogP contribution in [0.3, 0.4) is 0 Å². The van der Waals surface area contributed by atoms with Crippen LogP contribution >= 0.6 is 15.9 Å². The van der Waals surface area contributed by atoms with Crippen molar-refractivity contribution in [1.82, 2.24) is 10.1 Å². The zero-order valence-corrected chi connectivity index (χ0v) is 12.3. The van der Waals surface area contributed by atoms with Gasteiger partial charge in [0, 0.05) is 22.8 Å². The van der Waals surface area contributed by atoms with Crippen LogP contribution in [0.5, 0.6) is 0 Å². The third-order valence-corrected chi connectivity index (χ3v) is 3.04. The summed E-state index contributed by atoms with van der Waals surface area (Å²) in [5.41, 5.74) is 0.618. The van der Waals surface area contributed by atoms with Crippen LogP contribution in [-0.2, 0) is 11.2 Å². The van der Waals surface area contributed by atoms with Crippen LogP contribution in [0, 0.1) is 0 Å². The van der Waals surface area contributed by atoms with E-state index in [-0.39, 0.29) is 18.4 Å². The summed E-state index contributed by atoms with van der Waals surface area (Å²) < 4.78 is 5.61. The Hall–Kier alpha value is -1.69. The number of pyridine rings is 1. The van der Waals surface area contributed by atoms with E-state index < -0.39 is 0 Å². The van der Waals surface area contributed by atoms with Crippen LogP contribution < -0.4 is 4.90 Å². The van der Waals surface area contributed by atoms with Crippen LogP contribution in [-0.4, -0.2) is 22.1 Å². The van der Waals surface area contributed by atoms with Crippen molar-refractivity contribution in [3.63, 3.8) is 0 Å². The molecule has 6 heteroatoms. The Kier molecular flexibility index (Phi) is 4.31. The maximum Gasteiger partial charge on any atom is 0.234 e. The molecule has 0 atom stereocenters. The lowest BCUT2D eigenvalue weighted by atomic mass is 10.2. The molecule has 0 aliphatic carbocycles. The summed E-state index contributed by atoms with van der Waals surface area (Å²) >= 11 is 3.33. The largest absolute Gasteiger partial charge is 0.364 e. The molecule has 0 radical (unpaired) electrons. The molecule has 100 valence electrons. The maximum atomic E-state index is 12.3. The van der Waals surface area contributed by atoms with Gasteiger partial charge in [-0.25, -0.2) is 4.98 Å². The summed E-state index contributed by atoms with van der Waals surface area (Å²) in [5, 5.41) is 3.76. The summed E-state index contributed by atoms with van der Waals surface area (Å²) in [7, 11) is 0. The Morgan fingerprint density at radius 1 is 1.42 bits per heavy atom. The molecule has 0 saturated heterocycles. The minimum absolute atomic E-state index is 0.0214. The van der Waals surface area contributed by atoms with Gasteiger partial charge in [0.15, 0.2) is 0 Å². The van der Waals surface area contributed by atoms with E-state index in [0.717, 1.165) is 4.47 Å². The summed E-state index contributed by atoms with van der Waals surface area (Å²) in [6, 6.07) is 5.38. The monoisotopic (exact) mass is 323 g/mol. The summed E-state index contributed by atoms with van der Waals surface area (Å²) in [4.78, 5) is 18.2. The molecule has 2 aromatic rings. The topological polar surface area (TPSA) is 59.2 Å². The summed E-state index contributed by atoms with van der Waals surface area (Å²) in [6.45, 7) is 3.90. The van der Waals surface area contributed by atoms with E-state index in [1.54, 1.807) is 17.2 Å². The first-order valence-electron chi connectivity index (χ1n) is 5.91. The van der Waals surface area contributed by atoms with Gasteiger partial charge in [0.2, 0.25) is 5.91 Å². The molecule has 0 saturated carbocycles. The second-order valence-corrected chi connectivity index (χ2v) is 5.28. The Labute approximate surface area is 119 Å². The molecule has 2 aromatic heterocycles. The number of aromatic nitrogens is 2. The number of carbonyl (C=O) groups is 1. The number of halogens is 1. The number of anilines is 1. The average Bonchev–Trinajstić information content (AvgIpc) is 2.84. The highest BCUT2D eigenvalue weighted by molar-refractivity contribution is 9.10. The molecule has 0 aromatic carbocycles. The molecule has 5 nitrogen and oxygen atoms in total. The smallest absolute Gasteiger partial charge is 0.234 e. The Balaban J connectivity index is 2.20. The van der Waals surface area contributed by atoms with E-state index in [1.807, 2.05) is 26.0 Å². The molecular formula is C13H14BrN3O2.